The first-order chi connectivity index (χ1) is 12.2. The molecule has 2 heterocycles. The van der Waals surface area contributed by atoms with Crippen LogP contribution < -0.4 is 5.32 Å². The smallest absolute Gasteiger partial charge is 0.253 e. The van der Waals surface area contributed by atoms with Crippen molar-refractivity contribution in [2.24, 2.45) is 0 Å². The Morgan fingerprint density at radius 1 is 1.20 bits per heavy atom. The number of carbonyl (C=O) groups excluding carboxylic acids is 1. The van der Waals surface area contributed by atoms with Crippen LogP contribution in [0, 0.1) is 0 Å². The van der Waals surface area contributed by atoms with Crippen molar-refractivity contribution in [1.82, 2.24) is 29.6 Å². The molecular weight excluding hydrogens is 316 g/mol. The average molecular weight is 338 g/mol. The van der Waals surface area contributed by atoms with Crippen LogP contribution in [0.15, 0.2) is 49.3 Å². The lowest BCUT2D eigenvalue weighted by Gasteiger charge is -2.12. The van der Waals surface area contributed by atoms with Gasteiger partial charge >= 0.3 is 0 Å². The lowest BCUT2D eigenvalue weighted by Crippen LogP contribution is -2.26. The topological polar surface area (TPSA) is 77.6 Å². The van der Waals surface area contributed by atoms with E-state index in [1.165, 1.54) is 0 Å². The Morgan fingerprint density at radius 3 is 2.72 bits per heavy atom. The Hall–Kier alpha value is -2.96. The summed E-state index contributed by atoms with van der Waals surface area (Å²) in [5.74, 6) is 1.36. The average Bonchev–Trinajstić information content (AvgIpc) is 3.30. The second-order valence-electron chi connectivity index (χ2n) is 6.13. The summed E-state index contributed by atoms with van der Waals surface area (Å²) in [5, 5.41) is 10.6. The highest BCUT2D eigenvalue weighted by molar-refractivity contribution is 5.97. The first-order valence-electron chi connectivity index (χ1n) is 8.40. The molecule has 1 aromatic carbocycles. The van der Waals surface area contributed by atoms with E-state index in [9.17, 15) is 4.79 Å². The van der Waals surface area contributed by atoms with Gasteiger partial charge in [-0.2, -0.15) is 0 Å². The maximum absolute atomic E-state index is 12.5. The second-order valence-corrected chi connectivity index (χ2v) is 6.13. The van der Waals surface area contributed by atoms with Gasteiger partial charge in [-0.3, -0.25) is 9.36 Å². The highest BCUT2D eigenvalue weighted by Gasteiger charge is 2.12. The summed E-state index contributed by atoms with van der Waals surface area (Å²) in [6.07, 6.45) is 7.82. The molecule has 7 nitrogen and oxygen atoms in total. The summed E-state index contributed by atoms with van der Waals surface area (Å²) in [7, 11) is 0. The number of aryl methyl sites for hydroxylation is 1. The van der Waals surface area contributed by atoms with E-state index in [1.54, 1.807) is 23.3 Å². The molecule has 0 fully saturated rings. The van der Waals surface area contributed by atoms with Crippen molar-refractivity contribution in [3.05, 3.63) is 60.7 Å². The van der Waals surface area contributed by atoms with Crippen LogP contribution in [-0.2, 0) is 6.54 Å². The molecule has 0 radical (unpaired) electrons. The zero-order valence-corrected chi connectivity index (χ0v) is 14.5. The standard InChI is InChI=1S/C18H22N6O/c1-14(2)17-19-9-11-23(17)10-5-8-20-18(25)15-6-3-4-7-16(15)24-12-21-22-13-24/h3-4,6-7,9,11-14H,5,8,10H2,1-2H3,(H,20,25). The van der Waals surface area contributed by atoms with Crippen LogP contribution in [0.25, 0.3) is 5.69 Å². The zero-order chi connectivity index (χ0) is 17.6. The molecule has 3 rings (SSSR count). The number of benzene rings is 1. The van der Waals surface area contributed by atoms with Gasteiger partial charge in [0.25, 0.3) is 5.91 Å². The van der Waals surface area contributed by atoms with Gasteiger partial charge in [-0.1, -0.05) is 26.0 Å². The number of aromatic nitrogens is 5. The first kappa shape index (κ1) is 16.9. The van der Waals surface area contributed by atoms with Crippen LogP contribution in [-0.4, -0.2) is 36.8 Å². The largest absolute Gasteiger partial charge is 0.352 e. The van der Waals surface area contributed by atoms with Gasteiger partial charge in [0, 0.05) is 31.4 Å². The van der Waals surface area contributed by atoms with Gasteiger partial charge in [-0.15, -0.1) is 10.2 Å². The predicted octanol–water partition coefficient (Wildman–Crippen LogP) is 2.41. The molecule has 0 aliphatic heterocycles. The first-order valence-corrected chi connectivity index (χ1v) is 8.40. The Bertz CT molecular complexity index is 822. The van der Waals surface area contributed by atoms with Crippen LogP contribution in [0.3, 0.4) is 0 Å². The van der Waals surface area contributed by atoms with Gasteiger partial charge in [0.05, 0.1) is 11.3 Å². The van der Waals surface area contributed by atoms with E-state index in [1.807, 2.05) is 30.6 Å². The minimum Gasteiger partial charge on any atom is -0.352 e. The molecule has 7 heteroatoms. The third-order valence-electron chi connectivity index (χ3n) is 3.97. The third kappa shape index (κ3) is 3.93. The number of para-hydroxylation sites is 1. The molecule has 1 N–H and O–H groups in total. The fourth-order valence-corrected chi connectivity index (χ4v) is 2.77. The monoisotopic (exact) mass is 338 g/mol. The lowest BCUT2D eigenvalue weighted by atomic mass is 10.1. The molecule has 25 heavy (non-hydrogen) atoms. The molecule has 3 aromatic rings. The normalized spacial score (nSPS) is 11.0. The summed E-state index contributed by atoms with van der Waals surface area (Å²) >= 11 is 0. The number of carbonyl (C=O) groups is 1. The van der Waals surface area contributed by atoms with E-state index < -0.39 is 0 Å². The fourth-order valence-electron chi connectivity index (χ4n) is 2.77. The summed E-state index contributed by atoms with van der Waals surface area (Å²) in [5.41, 5.74) is 1.37. The SMILES string of the molecule is CC(C)c1nccn1CCCNC(=O)c1ccccc1-n1cnnc1. The van der Waals surface area contributed by atoms with Gasteiger partial charge in [0.15, 0.2) is 0 Å². The second kappa shape index (κ2) is 7.74. The summed E-state index contributed by atoms with van der Waals surface area (Å²) < 4.78 is 3.87. The van der Waals surface area contributed by atoms with Crippen molar-refractivity contribution in [3.8, 4) is 5.69 Å². The third-order valence-corrected chi connectivity index (χ3v) is 3.97. The molecule has 1 amide bonds. The maximum atomic E-state index is 12.5. The van der Waals surface area contributed by atoms with E-state index in [2.05, 4.69) is 38.9 Å². The van der Waals surface area contributed by atoms with Crippen LogP contribution >= 0.6 is 0 Å². The number of amides is 1. The quantitative estimate of drug-likeness (QED) is 0.671. The maximum Gasteiger partial charge on any atom is 0.253 e. The fraction of sp³-hybridized carbons (Fsp3) is 0.333. The van der Waals surface area contributed by atoms with Crippen molar-refractivity contribution in [2.75, 3.05) is 6.54 Å². The van der Waals surface area contributed by atoms with Gasteiger partial charge in [0.2, 0.25) is 0 Å². The molecule has 0 bridgehead atoms. The molecule has 0 aliphatic carbocycles. The van der Waals surface area contributed by atoms with E-state index >= 15 is 0 Å². The van der Waals surface area contributed by atoms with Crippen molar-refractivity contribution in [2.45, 2.75) is 32.7 Å². The minimum absolute atomic E-state index is 0.0981. The van der Waals surface area contributed by atoms with Crippen LogP contribution in [0.4, 0.5) is 0 Å². The van der Waals surface area contributed by atoms with E-state index in [-0.39, 0.29) is 5.91 Å². The Morgan fingerprint density at radius 2 is 1.96 bits per heavy atom. The van der Waals surface area contributed by atoms with E-state index in [0.717, 1.165) is 24.5 Å². The van der Waals surface area contributed by atoms with Crippen molar-refractivity contribution in [1.29, 1.82) is 0 Å². The summed E-state index contributed by atoms with van der Waals surface area (Å²) in [6.45, 7) is 5.69. The summed E-state index contributed by atoms with van der Waals surface area (Å²) in [4.78, 5) is 16.9. The Labute approximate surface area is 146 Å². The molecule has 0 spiro atoms. The minimum atomic E-state index is -0.0981. The van der Waals surface area contributed by atoms with Crippen molar-refractivity contribution < 1.29 is 4.79 Å². The lowest BCUT2D eigenvalue weighted by molar-refractivity contribution is 0.0952. The number of nitrogens with zero attached hydrogens (tertiary/aromatic N) is 5. The zero-order valence-electron chi connectivity index (χ0n) is 14.5. The van der Waals surface area contributed by atoms with Crippen molar-refractivity contribution in [3.63, 3.8) is 0 Å². The highest BCUT2D eigenvalue weighted by Crippen LogP contribution is 2.14. The number of rotatable bonds is 7. The van der Waals surface area contributed by atoms with Crippen molar-refractivity contribution >= 4 is 5.91 Å². The number of hydrogen-bond donors (Lipinski definition) is 1. The summed E-state index contributed by atoms with van der Waals surface area (Å²) in [6, 6.07) is 7.41. The molecule has 2 aromatic heterocycles. The molecule has 130 valence electrons. The molecule has 0 unspecified atom stereocenters. The Kier molecular flexibility index (Phi) is 5.23. The van der Waals surface area contributed by atoms with Gasteiger partial charge < -0.3 is 9.88 Å². The van der Waals surface area contributed by atoms with Crippen LogP contribution in [0.2, 0.25) is 0 Å². The van der Waals surface area contributed by atoms with Crippen LogP contribution in [0.5, 0.6) is 0 Å². The molecule has 0 aliphatic rings. The molecular formula is C18H22N6O. The van der Waals surface area contributed by atoms with E-state index in [4.69, 9.17) is 0 Å². The van der Waals surface area contributed by atoms with E-state index in [0.29, 0.717) is 18.0 Å². The molecule has 0 saturated carbocycles. The number of nitrogens with one attached hydrogen (secondary N) is 1. The highest BCUT2D eigenvalue weighted by atomic mass is 16.1. The predicted molar refractivity (Wildman–Crippen MR) is 94.6 cm³/mol. The van der Waals surface area contributed by atoms with Gasteiger partial charge in [-0.25, -0.2) is 4.98 Å². The number of imidazole rings is 1. The van der Waals surface area contributed by atoms with Gasteiger partial charge in [-0.05, 0) is 18.6 Å². The molecule has 0 atom stereocenters. The van der Waals surface area contributed by atoms with Gasteiger partial charge in [0.1, 0.15) is 18.5 Å². The Balaban J connectivity index is 1.58. The molecule has 0 saturated heterocycles. The number of hydrogen-bond acceptors (Lipinski definition) is 4. The van der Waals surface area contributed by atoms with Crippen LogP contribution in [0.1, 0.15) is 42.4 Å².